The Kier molecular flexibility index (Phi) is 3.46. The number of H-pyrrole nitrogens is 1. The number of nitrogens with zero attached hydrogens (tertiary/aromatic N) is 4. The Bertz CT molecular complexity index is 1100. The lowest BCUT2D eigenvalue weighted by Gasteiger charge is -2.33. The highest BCUT2D eigenvalue weighted by molar-refractivity contribution is 6.08. The van der Waals surface area contributed by atoms with Gasteiger partial charge < -0.3 is 15.2 Å². The van der Waals surface area contributed by atoms with E-state index < -0.39 is 11.5 Å². The van der Waals surface area contributed by atoms with E-state index in [2.05, 4.69) is 20.4 Å². The van der Waals surface area contributed by atoms with E-state index in [1.54, 1.807) is 22.0 Å². The maximum absolute atomic E-state index is 13.3. The number of rotatable bonds is 2. The fourth-order valence-electron chi connectivity index (χ4n) is 4.63. The fourth-order valence-corrected chi connectivity index (χ4v) is 4.63. The highest BCUT2D eigenvalue weighted by Gasteiger charge is 2.59. The molecule has 0 unspecified atom stereocenters. The first-order valence-corrected chi connectivity index (χ1v) is 9.23. The van der Waals surface area contributed by atoms with Crippen LogP contribution in [0, 0.1) is 6.92 Å². The summed E-state index contributed by atoms with van der Waals surface area (Å²) in [4.78, 5) is 35.5. The summed E-state index contributed by atoms with van der Waals surface area (Å²) in [6.07, 6.45) is 5.72. The van der Waals surface area contributed by atoms with Crippen LogP contribution in [0.2, 0.25) is 0 Å². The minimum absolute atomic E-state index is 0.0707. The molecule has 2 atom stereocenters. The molecule has 8 nitrogen and oxygen atoms in total. The van der Waals surface area contributed by atoms with Gasteiger partial charge >= 0.3 is 0 Å². The van der Waals surface area contributed by atoms with Crippen molar-refractivity contribution in [1.29, 1.82) is 0 Å². The number of anilines is 1. The lowest BCUT2D eigenvalue weighted by atomic mass is 9.73. The Labute approximate surface area is 161 Å². The van der Waals surface area contributed by atoms with E-state index in [0.717, 1.165) is 16.8 Å². The summed E-state index contributed by atoms with van der Waals surface area (Å²) in [5.41, 5.74) is 2.19. The SMILES string of the molecule is Cc1ncc(C(=O)N2CC[C@]3(C(=O)Nc4ccccc43)[C@@H]2c2cnn(C)c2)[nH]1. The van der Waals surface area contributed by atoms with Gasteiger partial charge in [-0.25, -0.2) is 4.98 Å². The average Bonchev–Trinajstić information content (AvgIpc) is 3.43. The molecule has 1 fully saturated rings. The maximum Gasteiger partial charge on any atom is 0.272 e. The van der Waals surface area contributed by atoms with Crippen LogP contribution in [0.25, 0.3) is 0 Å². The van der Waals surface area contributed by atoms with Crippen molar-refractivity contribution in [3.63, 3.8) is 0 Å². The van der Waals surface area contributed by atoms with E-state index in [-0.39, 0.29) is 11.8 Å². The number of nitrogens with one attached hydrogen (secondary N) is 2. The Morgan fingerprint density at radius 2 is 2.11 bits per heavy atom. The molecule has 0 radical (unpaired) electrons. The van der Waals surface area contributed by atoms with Crippen LogP contribution < -0.4 is 5.32 Å². The zero-order valence-corrected chi connectivity index (χ0v) is 15.6. The molecule has 0 saturated carbocycles. The van der Waals surface area contributed by atoms with Crippen LogP contribution in [0.3, 0.4) is 0 Å². The number of imidazole rings is 1. The van der Waals surface area contributed by atoms with E-state index in [1.165, 1.54) is 0 Å². The van der Waals surface area contributed by atoms with Gasteiger partial charge in [0, 0.05) is 31.0 Å². The molecule has 0 bridgehead atoms. The van der Waals surface area contributed by atoms with Crippen molar-refractivity contribution >= 4 is 17.5 Å². The van der Waals surface area contributed by atoms with Crippen molar-refractivity contribution in [2.24, 2.45) is 7.05 Å². The second-order valence-corrected chi connectivity index (χ2v) is 7.45. The number of aromatic amines is 1. The molecule has 4 heterocycles. The third-order valence-electron chi connectivity index (χ3n) is 5.82. The largest absolute Gasteiger partial charge is 0.338 e. The van der Waals surface area contributed by atoms with E-state index in [0.29, 0.717) is 24.5 Å². The molecule has 28 heavy (non-hydrogen) atoms. The Hall–Kier alpha value is -3.42. The highest BCUT2D eigenvalue weighted by Crippen LogP contribution is 2.54. The van der Waals surface area contributed by atoms with Crippen molar-refractivity contribution < 1.29 is 9.59 Å². The summed E-state index contributed by atoms with van der Waals surface area (Å²) in [6.45, 7) is 2.28. The van der Waals surface area contributed by atoms with Gasteiger partial charge in [-0.1, -0.05) is 18.2 Å². The summed E-state index contributed by atoms with van der Waals surface area (Å²) in [7, 11) is 1.83. The topological polar surface area (TPSA) is 95.9 Å². The van der Waals surface area contributed by atoms with Crippen LogP contribution in [-0.2, 0) is 17.3 Å². The number of amides is 2. The van der Waals surface area contributed by atoms with Crippen molar-refractivity contribution in [2.75, 3.05) is 11.9 Å². The van der Waals surface area contributed by atoms with Crippen LogP contribution in [0.4, 0.5) is 5.69 Å². The molecule has 1 spiro atoms. The molecule has 2 N–H and O–H groups in total. The third kappa shape index (κ3) is 2.17. The van der Waals surface area contributed by atoms with E-state index >= 15 is 0 Å². The molecule has 0 aliphatic carbocycles. The first-order valence-electron chi connectivity index (χ1n) is 9.23. The van der Waals surface area contributed by atoms with Crippen molar-refractivity contribution in [3.05, 3.63) is 65.5 Å². The standard InChI is InChI=1S/C20H20N6O2/c1-12-21-10-16(23-12)18(27)26-8-7-20(17(26)13-9-22-25(2)11-13)14-5-3-4-6-15(14)24-19(20)28/h3-6,9-11,17H,7-8H2,1-2H3,(H,21,23)(H,24,28)/t17-,20+/m0/s1. The Balaban J connectivity index is 1.67. The van der Waals surface area contributed by atoms with Crippen LogP contribution in [0.5, 0.6) is 0 Å². The van der Waals surface area contributed by atoms with Gasteiger partial charge in [0.05, 0.1) is 18.4 Å². The number of hydrogen-bond donors (Lipinski definition) is 2. The van der Waals surface area contributed by atoms with Crippen molar-refractivity contribution in [3.8, 4) is 0 Å². The van der Waals surface area contributed by atoms with Gasteiger partial charge in [-0.2, -0.15) is 5.10 Å². The first-order chi connectivity index (χ1) is 13.5. The van der Waals surface area contributed by atoms with Gasteiger partial charge in [0.15, 0.2) is 0 Å². The molecule has 2 aromatic heterocycles. The molecular weight excluding hydrogens is 356 g/mol. The predicted octanol–water partition coefficient (Wildman–Crippen LogP) is 1.93. The van der Waals surface area contributed by atoms with Gasteiger partial charge in [-0.3, -0.25) is 14.3 Å². The van der Waals surface area contributed by atoms with Crippen LogP contribution >= 0.6 is 0 Å². The number of aryl methyl sites for hydroxylation is 2. The van der Waals surface area contributed by atoms with E-state index in [1.807, 2.05) is 44.4 Å². The first kappa shape index (κ1) is 16.7. The molecule has 142 valence electrons. The number of hydrogen-bond acceptors (Lipinski definition) is 4. The molecule has 8 heteroatoms. The number of likely N-dealkylation sites (tertiary alicyclic amines) is 1. The zero-order chi connectivity index (χ0) is 19.5. The molecular formula is C20H20N6O2. The minimum Gasteiger partial charge on any atom is -0.338 e. The molecule has 1 saturated heterocycles. The van der Waals surface area contributed by atoms with Crippen LogP contribution in [0.1, 0.15) is 39.9 Å². The molecule has 3 aromatic rings. The van der Waals surface area contributed by atoms with Crippen molar-refractivity contribution in [2.45, 2.75) is 24.8 Å². The lowest BCUT2D eigenvalue weighted by molar-refractivity contribution is -0.121. The van der Waals surface area contributed by atoms with Gasteiger partial charge in [-0.15, -0.1) is 0 Å². The quantitative estimate of drug-likeness (QED) is 0.714. The third-order valence-corrected chi connectivity index (χ3v) is 5.82. The lowest BCUT2D eigenvalue weighted by Crippen LogP contribution is -2.42. The molecule has 2 aliphatic heterocycles. The number of aromatic nitrogens is 4. The molecule has 1 aromatic carbocycles. The van der Waals surface area contributed by atoms with Crippen molar-refractivity contribution in [1.82, 2.24) is 24.6 Å². The number of fused-ring (bicyclic) bond motifs is 2. The number of benzene rings is 1. The molecule has 2 aliphatic rings. The Morgan fingerprint density at radius 1 is 1.29 bits per heavy atom. The van der Waals surface area contributed by atoms with E-state index in [9.17, 15) is 9.59 Å². The smallest absolute Gasteiger partial charge is 0.272 e. The fraction of sp³-hybridized carbons (Fsp3) is 0.300. The maximum atomic E-state index is 13.3. The van der Waals surface area contributed by atoms with Crippen LogP contribution in [0.15, 0.2) is 42.9 Å². The predicted molar refractivity (Wildman–Crippen MR) is 102 cm³/mol. The minimum atomic E-state index is -0.829. The monoisotopic (exact) mass is 376 g/mol. The zero-order valence-electron chi connectivity index (χ0n) is 15.6. The number of para-hydroxylation sites is 1. The van der Waals surface area contributed by atoms with Gasteiger partial charge in [-0.05, 0) is 25.0 Å². The van der Waals surface area contributed by atoms with Gasteiger partial charge in [0.1, 0.15) is 16.9 Å². The second kappa shape index (κ2) is 5.79. The highest BCUT2D eigenvalue weighted by atomic mass is 16.2. The summed E-state index contributed by atoms with van der Waals surface area (Å²) in [6, 6.07) is 7.28. The normalized spacial score (nSPS) is 23.3. The summed E-state index contributed by atoms with van der Waals surface area (Å²) >= 11 is 0. The average molecular weight is 376 g/mol. The Morgan fingerprint density at radius 3 is 2.82 bits per heavy atom. The summed E-state index contributed by atoms with van der Waals surface area (Å²) < 4.78 is 1.70. The molecule has 5 rings (SSSR count). The van der Waals surface area contributed by atoms with Gasteiger partial charge in [0.25, 0.3) is 5.91 Å². The van der Waals surface area contributed by atoms with Gasteiger partial charge in [0.2, 0.25) is 5.91 Å². The van der Waals surface area contributed by atoms with Crippen LogP contribution in [-0.4, -0.2) is 43.0 Å². The second-order valence-electron chi connectivity index (χ2n) is 7.45. The molecule has 2 amide bonds. The summed E-state index contributed by atoms with van der Waals surface area (Å²) in [5.74, 6) is 0.446. The van der Waals surface area contributed by atoms with E-state index in [4.69, 9.17) is 0 Å². The summed E-state index contributed by atoms with van der Waals surface area (Å²) in [5, 5.41) is 7.31. The number of carbonyl (C=O) groups excluding carboxylic acids is 2. The number of carbonyl (C=O) groups is 2.